The predicted molar refractivity (Wildman–Crippen MR) is 90.9 cm³/mol. The summed E-state index contributed by atoms with van der Waals surface area (Å²) in [6, 6.07) is 7.22. The summed E-state index contributed by atoms with van der Waals surface area (Å²) in [6.45, 7) is 0. The van der Waals surface area contributed by atoms with Crippen LogP contribution in [0.4, 0.5) is 0 Å². The van der Waals surface area contributed by atoms with Crippen molar-refractivity contribution in [3.63, 3.8) is 0 Å². The molecule has 7 nitrogen and oxygen atoms in total. The van der Waals surface area contributed by atoms with Crippen LogP contribution < -0.4 is 10.5 Å². The molecule has 0 saturated heterocycles. The van der Waals surface area contributed by atoms with Crippen molar-refractivity contribution in [1.29, 1.82) is 0 Å². The summed E-state index contributed by atoms with van der Waals surface area (Å²) < 4.78 is 6.89. The molecule has 4 rings (SSSR count). The highest BCUT2D eigenvalue weighted by Gasteiger charge is 2.17. The maximum absolute atomic E-state index is 6.32. The fourth-order valence-electron chi connectivity index (χ4n) is 2.40. The molecular formula is C16H14N6OS. The lowest BCUT2D eigenvalue weighted by molar-refractivity contribution is 0.398. The van der Waals surface area contributed by atoms with Gasteiger partial charge < -0.3 is 10.5 Å². The quantitative estimate of drug-likeness (QED) is 0.614. The molecule has 4 heterocycles. The van der Waals surface area contributed by atoms with Gasteiger partial charge in [-0.05, 0) is 23.8 Å². The third kappa shape index (κ3) is 2.51. The third-order valence-corrected chi connectivity index (χ3v) is 4.68. The fraction of sp³-hybridized carbons (Fsp3) is 0.125. The van der Waals surface area contributed by atoms with E-state index in [2.05, 4.69) is 20.1 Å². The lowest BCUT2D eigenvalue weighted by Crippen LogP contribution is -2.12. The number of hydrogen-bond acceptors (Lipinski definition) is 7. The summed E-state index contributed by atoms with van der Waals surface area (Å²) in [5.74, 6) is 0.568. The number of ether oxygens (including phenoxy) is 1. The average molecular weight is 338 g/mol. The molecule has 2 N–H and O–H groups in total. The fourth-order valence-corrected chi connectivity index (χ4v) is 3.30. The van der Waals surface area contributed by atoms with E-state index in [-0.39, 0.29) is 6.04 Å². The highest BCUT2D eigenvalue weighted by atomic mass is 32.1. The Bertz CT molecular complexity index is 963. The van der Waals surface area contributed by atoms with E-state index in [4.69, 9.17) is 10.5 Å². The largest absolute Gasteiger partial charge is 0.481 e. The SMILES string of the molecule is COc1ccc(-c2cnc3sc(C(N)c4ccncc4)nn23)cn1. The molecule has 0 aliphatic rings. The smallest absolute Gasteiger partial charge is 0.212 e. The number of fused-ring (bicyclic) bond motifs is 1. The van der Waals surface area contributed by atoms with Crippen molar-refractivity contribution in [3.05, 3.63) is 59.6 Å². The van der Waals surface area contributed by atoms with Crippen LogP contribution in [0.5, 0.6) is 5.88 Å². The Morgan fingerprint density at radius 1 is 1.12 bits per heavy atom. The van der Waals surface area contributed by atoms with Gasteiger partial charge in [0, 0.05) is 30.2 Å². The lowest BCUT2D eigenvalue weighted by Gasteiger charge is -2.07. The van der Waals surface area contributed by atoms with Crippen LogP contribution in [0.2, 0.25) is 0 Å². The van der Waals surface area contributed by atoms with Crippen LogP contribution in [0, 0.1) is 0 Å². The van der Waals surface area contributed by atoms with Crippen LogP contribution in [0.1, 0.15) is 16.6 Å². The molecule has 0 radical (unpaired) electrons. The van der Waals surface area contributed by atoms with Gasteiger partial charge in [0.15, 0.2) is 0 Å². The molecular weight excluding hydrogens is 324 g/mol. The first-order chi connectivity index (χ1) is 11.8. The standard InChI is InChI=1S/C16H14N6OS/c1-23-13-3-2-11(8-19-13)12-9-20-16-22(12)21-15(24-16)14(17)10-4-6-18-7-5-10/h2-9,14H,17H2,1H3. The summed E-state index contributed by atoms with van der Waals surface area (Å²) in [5.41, 5.74) is 9.06. The van der Waals surface area contributed by atoms with Crippen molar-refractivity contribution in [2.45, 2.75) is 6.04 Å². The van der Waals surface area contributed by atoms with Crippen molar-refractivity contribution in [1.82, 2.24) is 24.6 Å². The molecule has 4 aromatic heterocycles. The van der Waals surface area contributed by atoms with Gasteiger partial charge in [-0.1, -0.05) is 11.3 Å². The zero-order chi connectivity index (χ0) is 16.5. The maximum Gasteiger partial charge on any atom is 0.212 e. The zero-order valence-electron chi connectivity index (χ0n) is 12.8. The molecule has 0 saturated carbocycles. The van der Waals surface area contributed by atoms with Crippen LogP contribution in [0.3, 0.4) is 0 Å². The van der Waals surface area contributed by atoms with Crippen molar-refractivity contribution < 1.29 is 4.74 Å². The molecule has 0 aromatic carbocycles. The minimum atomic E-state index is -0.304. The van der Waals surface area contributed by atoms with Gasteiger partial charge in [-0.3, -0.25) is 4.98 Å². The summed E-state index contributed by atoms with van der Waals surface area (Å²) in [7, 11) is 1.59. The topological polar surface area (TPSA) is 91.2 Å². The Morgan fingerprint density at radius 2 is 1.96 bits per heavy atom. The van der Waals surface area contributed by atoms with Gasteiger partial charge in [-0.15, -0.1) is 0 Å². The Morgan fingerprint density at radius 3 is 2.67 bits per heavy atom. The summed E-state index contributed by atoms with van der Waals surface area (Å²) in [5, 5.41) is 5.43. The van der Waals surface area contributed by atoms with E-state index in [1.54, 1.807) is 36.4 Å². The first-order valence-corrected chi connectivity index (χ1v) is 8.08. The van der Waals surface area contributed by atoms with Crippen molar-refractivity contribution in [3.8, 4) is 17.1 Å². The van der Waals surface area contributed by atoms with Gasteiger partial charge >= 0.3 is 0 Å². The highest BCUT2D eigenvalue weighted by molar-refractivity contribution is 7.16. The van der Waals surface area contributed by atoms with Gasteiger partial charge in [0.25, 0.3) is 0 Å². The molecule has 0 fully saturated rings. The van der Waals surface area contributed by atoms with Gasteiger partial charge in [-0.25, -0.2) is 14.5 Å². The van der Waals surface area contributed by atoms with E-state index in [1.807, 2.05) is 24.3 Å². The van der Waals surface area contributed by atoms with Crippen molar-refractivity contribution in [2.75, 3.05) is 7.11 Å². The molecule has 0 aliphatic heterocycles. The number of nitrogens with zero attached hydrogens (tertiary/aromatic N) is 5. The summed E-state index contributed by atoms with van der Waals surface area (Å²) >= 11 is 1.47. The van der Waals surface area contributed by atoms with E-state index in [0.29, 0.717) is 5.88 Å². The van der Waals surface area contributed by atoms with E-state index >= 15 is 0 Å². The highest BCUT2D eigenvalue weighted by Crippen LogP contribution is 2.28. The number of methoxy groups -OCH3 is 1. The molecule has 0 aliphatic carbocycles. The van der Waals surface area contributed by atoms with Gasteiger partial charge in [0.05, 0.1) is 25.0 Å². The van der Waals surface area contributed by atoms with Crippen LogP contribution in [0.25, 0.3) is 16.2 Å². The summed E-state index contributed by atoms with van der Waals surface area (Å²) in [6.07, 6.45) is 6.97. The molecule has 0 bridgehead atoms. The van der Waals surface area contributed by atoms with Crippen LogP contribution in [-0.2, 0) is 0 Å². The van der Waals surface area contributed by atoms with Gasteiger partial charge in [0.2, 0.25) is 10.8 Å². The van der Waals surface area contributed by atoms with Crippen molar-refractivity contribution >= 4 is 16.3 Å². The molecule has 8 heteroatoms. The number of rotatable bonds is 4. The van der Waals surface area contributed by atoms with E-state index in [0.717, 1.165) is 26.8 Å². The lowest BCUT2D eigenvalue weighted by atomic mass is 10.1. The second-order valence-electron chi connectivity index (χ2n) is 5.13. The predicted octanol–water partition coefficient (Wildman–Crippen LogP) is 2.30. The molecule has 0 amide bonds. The molecule has 120 valence electrons. The van der Waals surface area contributed by atoms with Crippen LogP contribution in [-0.4, -0.2) is 31.7 Å². The Kier molecular flexibility index (Phi) is 3.68. The maximum atomic E-state index is 6.32. The average Bonchev–Trinajstić information content (AvgIpc) is 3.22. The number of nitrogens with two attached hydrogens (primary N) is 1. The van der Waals surface area contributed by atoms with Gasteiger partial charge in [-0.2, -0.15) is 5.10 Å². The monoisotopic (exact) mass is 338 g/mol. The third-order valence-electron chi connectivity index (χ3n) is 3.67. The van der Waals surface area contributed by atoms with Gasteiger partial charge in [0.1, 0.15) is 5.01 Å². The molecule has 0 spiro atoms. The second-order valence-corrected chi connectivity index (χ2v) is 6.11. The number of imidazole rings is 1. The molecule has 1 unspecified atom stereocenters. The Hall–Kier alpha value is -2.84. The van der Waals surface area contributed by atoms with E-state index < -0.39 is 0 Å². The Labute approximate surface area is 141 Å². The van der Waals surface area contributed by atoms with E-state index in [1.165, 1.54) is 11.3 Å². The minimum absolute atomic E-state index is 0.304. The Balaban J connectivity index is 1.73. The number of hydrogen-bond donors (Lipinski definition) is 1. The summed E-state index contributed by atoms with van der Waals surface area (Å²) in [4.78, 5) is 13.5. The molecule has 24 heavy (non-hydrogen) atoms. The number of aromatic nitrogens is 5. The van der Waals surface area contributed by atoms with E-state index in [9.17, 15) is 0 Å². The number of pyridine rings is 2. The van der Waals surface area contributed by atoms with Crippen molar-refractivity contribution in [2.24, 2.45) is 5.73 Å². The van der Waals surface area contributed by atoms with Crippen LogP contribution in [0.15, 0.2) is 49.1 Å². The molecule has 4 aromatic rings. The first kappa shape index (κ1) is 14.7. The zero-order valence-corrected chi connectivity index (χ0v) is 13.6. The second kappa shape index (κ2) is 5.99. The minimum Gasteiger partial charge on any atom is -0.481 e. The first-order valence-electron chi connectivity index (χ1n) is 7.26. The van der Waals surface area contributed by atoms with Crippen LogP contribution >= 0.6 is 11.3 Å². The molecule has 1 atom stereocenters. The normalized spacial score (nSPS) is 12.4.